The number of rotatable bonds is 3. The highest BCUT2D eigenvalue weighted by atomic mass is 35.5. The molecule has 0 nitrogen and oxygen atoms in total. The third kappa shape index (κ3) is 3.66. The lowest BCUT2D eigenvalue weighted by atomic mass is 9.80. The third-order valence-corrected chi connectivity index (χ3v) is 4.98. The van der Waals surface area contributed by atoms with Crippen molar-refractivity contribution in [2.75, 3.05) is 0 Å². The minimum Gasteiger partial charge on any atom is -0.123 e. The lowest BCUT2D eigenvalue weighted by molar-refractivity contribution is 0.278. The van der Waals surface area contributed by atoms with Gasteiger partial charge in [0.1, 0.15) is 0 Å². The average Bonchev–Trinajstić information content (AvgIpc) is 2.31. The van der Waals surface area contributed by atoms with E-state index in [9.17, 15) is 0 Å². The predicted octanol–water partition coefficient (Wildman–Crippen LogP) is 5.14. The van der Waals surface area contributed by atoms with Gasteiger partial charge in [0.2, 0.25) is 0 Å². The van der Waals surface area contributed by atoms with E-state index in [2.05, 4.69) is 0 Å². The van der Waals surface area contributed by atoms with Gasteiger partial charge in [-0.1, -0.05) is 51.4 Å². The number of alkyl halides is 1. The SMILES string of the molecule is ClC(CC1CCCCC1)C1CCCCC1. The summed E-state index contributed by atoms with van der Waals surface area (Å²) in [6.07, 6.45) is 15.7. The van der Waals surface area contributed by atoms with Crippen LogP contribution < -0.4 is 0 Å². The summed E-state index contributed by atoms with van der Waals surface area (Å²) in [5.74, 6) is 1.81. The maximum Gasteiger partial charge on any atom is 0.0366 e. The van der Waals surface area contributed by atoms with Crippen molar-refractivity contribution in [3.63, 3.8) is 0 Å². The summed E-state index contributed by atoms with van der Waals surface area (Å²) in [5, 5.41) is 0.494. The fourth-order valence-corrected chi connectivity index (χ4v) is 3.93. The van der Waals surface area contributed by atoms with Gasteiger partial charge in [-0.25, -0.2) is 0 Å². The highest BCUT2D eigenvalue weighted by Crippen LogP contribution is 2.35. The number of hydrogen-bond donors (Lipinski definition) is 0. The van der Waals surface area contributed by atoms with E-state index in [0.29, 0.717) is 5.38 Å². The first-order valence-corrected chi connectivity index (χ1v) is 7.44. The maximum absolute atomic E-state index is 6.59. The van der Waals surface area contributed by atoms with Crippen LogP contribution in [0.1, 0.15) is 70.6 Å². The molecule has 0 aromatic rings. The zero-order valence-electron chi connectivity index (χ0n) is 9.89. The maximum atomic E-state index is 6.59. The topological polar surface area (TPSA) is 0 Å². The zero-order chi connectivity index (χ0) is 10.5. The first kappa shape index (κ1) is 11.8. The van der Waals surface area contributed by atoms with Crippen LogP contribution in [0.15, 0.2) is 0 Å². The predicted molar refractivity (Wildman–Crippen MR) is 67.4 cm³/mol. The van der Waals surface area contributed by atoms with Crippen molar-refractivity contribution in [3.05, 3.63) is 0 Å². The molecule has 15 heavy (non-hydrogen) atoms. The molecule has 2 saturated carbocycles. The van der Waals surface area contributed by atoms with Crippen LogP contribution >= 0.6 is 11.6 Å². The second kappa shape index (κ2) is 6.13. The van der Waals surface area contributed by atoms with Gasteiger partial charge in [-0.2, -0.15) is 0 Å². The van der Waals surface area contributed by atoms with Crippen molar-refractivity contribution in [1.29, 1.82) is 0 Å². The lowest BCUT2D eigenvalue weighted by Gasteiger charge is -2.30. The molecule has 0 radical (unpaired) electrons. The molecule has 0 aromatic carbocycles. The Bertz CT molecular complexity index is 166. The molecule has 2 aliphatic carbocycles. The molecule has 0 heterocycles. The average molecular weight is 229 g/mol. The summed E-state index contributed by atoms with van der Waals surface area (Å²) in [7, 11) is 0. The smallest absolute Gasteiger partial charge is 0.0366 e. The standard InChI is InChI=1S/C14H25Cl/c15-14(13-9-5-2-6-10-13)11-12-7-3-1-4-8-12/h12-14H,1-11H2. The Morgan fingerprint density at radius 3 is 1.93 bits per heavy atom. The Balaban J connectivity index is 1.72. The van der Waals surface area contributed by atoms with Crippen molar-refractivity contribution in [1.82, 2.24) is 0 Å². The van der Waals surface area contributed by atoms with E-state index in [1.165, 1.54) is 70.6 Å². The van der Waals surface area contributed by atoms with Gasteiger partial charge in [-0.15, -0.1) is 11.6 Å². The van der Waals surface area contributed by atoms with Crippen molar-refractivity contribution in [2.45, 2.75) is 76.0 Å². The quantitative estimate of drug-likeness (QED) is 0.587. The number of hydrogen-bond acceptors (Lipinski definition) is 0. The summed E-state index contributed by atoms with van der Waals surface area (Å²) >= 11 is 6.59. The monoisotopic (exact) mass is 228 g/mol. The third-order valence-electron chi connectivity index (χ3n) is 4.44. The fraction of sp³-hybridized carbons (Fsp3) is 1.00. The summed E-state index contributed by atoms with van der Waals surface area (Å²) in [6, 6.07) is 0. The van der Waals surface area contributed by atoms with E-state index >= 15 is 0 Å². The molecule has 0 bridgehead atoms. The van der Waals surface area contributed by atoms with Crippen molar-refractivity contribution < 1.29 is 0 Å². The molecular weight excluding hydrogens is 204 g/mol. The summed E-state index contributed by atoms with van der Waals surface area (Å²) in [5.41, 5.74) is 0. The minimum atomic E-state index is 0.494. The van der Waals surface area contributed by atoms with Crippen molar-refractivity contribution in [3.8, 4) is 0 Å². The Morgan fingerprint density at radius 1 is 0.800 bits per heavy atom. The molecule has 1 unspecified atom stereocenters. The van der Waals surface area contributed by atoms with Gasteiger partial charge in [0.15, 0.2) is 0 Å². The molecule has 0 aliphatic heterocycles. The molecule has 2 rings (SSSR count). The first-order valence-electron chi connectivity index (χ1n) is 7.00. The highest BCUT2D eigenvalue weighted by molar-refractivity contribution is 6.20. The minimum absolute atomic E-state index is 0.494. The van der Waals surface area contributed by atoms with Crippen LogP contribution in [0.25, 0.3) is 0 Å². The Labute approximate surface area is 99.8 Å². The van der Waals surface area contributed by atoms with Crippen LogP contribution in [0.4, 0.5) is 0 Å². The van der Waals surface area contributed by atoms with Crippen LogP contribution in [0.5, 0.6) is 0 Å². The van der Waals surface area contributed by atoms with Gasteiger partial charge in [0.25, 0.3) is 0 Å². The summed E-state index contributed by atoms with van der Waals surface area (Å²) in [4.78, 5) is 0. The molecule has 1 heteroatoms. The molecular formula is C14H25Cl. The van der Waals surface area contributed by atoms with E-state index < -0.39 is 0 Å². The van der Waals surface area contributed by atoms with Gasteiger partial charge >= 0.3 is 0 Å². The van der Waals surface area contributed by atoms with Gasteiger partial charge in [-0.3, -0.25) is 0 Å². The summed E-state index contributed by atoms with van der Waals surface area (Å²) in [6.45, 7) is 0. The highest BCUT2D eigenvalue weighted by Gasteiger charge is 2.25. The molecule has 88 valence electrons. The van der Waals surface area contributed by atoms with Gasteiger partial charge < -0.3 is 0 Å². The van der Waals surface area contributed by atoms with Crippen LogP contribution in [-0.4, -0.2) is 5.38 Å². The van der Waals surface area contributed by atoms with E-state index in [1.54, 1.807) is 0 Å². The molecule has 0 N–H and O–H groups in total. The molecule has 0 saturated heterocycles. The molecule has 1 atom stereocenters. The van der Waals surface area contributed by atoms with Crippen molar-refractivity contribution >= 4 is 11.6 Å². The Kier molecular flexibility index (Phi) is 4.81. The van der Waals surface area contributed by atoms with Crippen LogP contribution in [0.3, 0.4) is 0 Å². The molecule has 0 spiro atoms. The first-order chi connectivity index (χ1) is 7.36. The second-order valence-electron chi connectivity index (χ2n) is 5.65. The Morgan fingerprint density at radius 2 is 1.33 bits per heavy atom. The van der Waals surface area contributed by atoms with Crippen molar-refractivity contribution in [2.24, 2.45) is 11.8 Å². The lowest BCUT2D eigenvalue weighted by Crippen LogP contribution is -2.22. The van der Waals surface area contributed by atoms with Gasteiger partial charge in [0.05, 0.1) is 0 Å². The van der Waals surface area contributed by atoms with Gasteiger partial charge in [0, 0.05) is 5.38 Å². The zero-order valence-corrected chi connectivity index (χ0v) is 10.6. The summed E-state index contributed by atoms with van der Waals surface area (Å²) < 4.78 is 0. The molecule has 2 aliphatic rings. The van der Waals surface area contributed by atoms with E-state index in [1.807, 2.05) is 0 Å². The number of halogens is 1. The van der Waals surface area contributed by atoms with E-state index in [-0.39, 0.29) is 0 Å². The van der Waals surface area contributed by atoms with Crippen LogP contribution in [0, 0.1) is 11.8 Å². The van der Waals surface area contributed by atoms with E-state index in [4.69, 9.17) is 11.6 Å². The van der Waals surface area contributed by atoms with Crippen LogP contribution in [0.2, 0.25) is 0 Å². The fourth-order valence-electron chi connectivity index (χ4n) is 3.43. The van der Waals surface area contributed by atoms with Gasteiger partial charge in [-0.05, 0) is 31.1 Å². The second-order valence-corrected chi connectivity index (χ2v) is 6.21. The van der Waals surface area contributed by atoms with Crippen LogP contribution in [-0.2, 0) is 0 Å². The normalized spacial score (nSPS) is 27.8. The molecule has 0 amide bonds. The molecule has 0 aromatic heterocycles. The Hall–Kier alpha value is 0.290. The van der Waals surface area contributed by atoms with E-state index in [0.717, 1.165) is 11.8 Å². The molecule has 2 fully saturated rings. The largest absolute Gasteiger partial charge is 0.123 e.